The molecule has 1 saturated heterocycles. The summed E-state index contributed by atoms with van der Waals surface area (Å²) in [5.41, 5.74) is -0.119. The van der Waals surface area contributed by atoms with Crippen molar-refractivity contribution in [3.63, 3.8) is 0 Å². The number of halogens is 1. The highest BCUT2D eigenvalue weighted by molar-refractivity contribution is 6.30. The number of anilines is 1. The van der Waals surface area contributed by atoms with E-state index < -0.39 is 4.92 Å². The van der Waals surface area contributed by atoms with E-state index in [1.54, 1.807) is 0 Å². The Hall–Kier alpha value is -1.89. The maximum atomic E-state index is 11.7. The third-order valence-electron chi connectivity index (χ3n) is 3.72. The summed E-state index contributed by atoms with van der Waals surface area (Å²) in [5, 5.41) is 11.3. The summed E-state index contributed by atoms with van der Waals surface area (Å²) in [6.07, 6.45) is 1.97. The Morgan fingerprint density at radius 3 is 2.90 bits per heavy atom. The van der Waals surface area contributed by atoms with Crippen LogP contribution in [-0.4, -0.2) is 36.1 Å². The van der Waals surface area contributed by atoms with Crippen LogP contribution in [0.3, 0.4) is 0 Å². The lowest BCUT2D eigenvalue weighted by atomic mass is 9.87. The lowest BCUT2D eigenvalue weighted by Crippen LogP contribution is -2.43. The molecule has 1 aromatic heterocycles. The summed E-state index contributed by atoms with van der Waals surface area (Å²) in [6, 6.07) is 1.29. The number of methoxy groups -OCH3 is 1. The number of carbonyl (C=O) groups excluding carboxylic acids is 1. The summed E-state index contributed by atoms with van der Waals surface area (Å²) >= 11 is 5.77. The number of nitrogens with zero attached hydrogens (tertiary/aromatic N) is 3. The zero-order valence-electron chi connectivity index (χ0n) is 11.8. The maximum Gasteiger partial charge on any atom is 0.313 e. The summed E-state index contributed by atoms with van der Waals surface area (Å²) in [6.45, 7) is 2.95. The van der Waals surface area contributed by atoms with E-state index in [1.807, 2.05) is 11.8 Å². The van der Waals surface area contributed by atoms with Gasteiger partial charge in [0.2, 0.25) is 5.82 Å². The smallest absolute Gasteiger partial charge is 0.313 e. The SMILES string of the molecule is COC(=O)[C@@H]1CCN(c2ncc(Cl)cc2[N+](=O)[O-])C[C@@H]1C. The fourth-order valence-electron chi connectivity index (χ4n) is 2.64. The quantitative estimate of drug-likeness (QED) is 0.483. The topological polar surface area (TPSA) is 85.6 Å². The Morgan fingerprint density at radius 1 is 1.62 bits per heavy atom. The van der Waals surface area contributed by atoms with Gasteiger partial charge in [0.1, 0.15) is 0 Å². The number of hydrogen-bond donors (Lipinski definition) is 0. The first-order valence-corrected chi connectivity index (χ1v) is 6.94. The Labute approximate surface area is 127 Å². The molecule has 8 heteroatoms. The van der Waals surface area contributed by atoms with Crippen molar-refractivity contribution in [2.24, 2.45) is 11.8 Å². The van der Waals surface area contributed by atoms with Gasteiger partial charge in [-0.1, -0.05) is 18.5 Å². The standard InChI is InChI=1S/C13H16ClN3O4/c1-8-7-16(4-3-10(8)13(18)21-2)12-11(17(19)20)5-9(14)6-15-12/h5-6,8,10H,3-4,7H2,1-2H3/t8-,10+/m0/s1. The lowest BCUT2D eigenvalue weighted by Gasteiger charge is -2.35. The van der Waals surface area contributed by atoms with Gasteiger partial charge in [0.05, 0.1) is 23.0 Å². The van der Waals surface area contributed by atoms with Gasteiger partial charge in [-0.25, -0.2) is 4.98 Å². The van der Waals surface area contributed by atoms with Gasteiger partial charge < -0.3 is 9.64 Å². The van der Waals surface area contributed by atoms with Crippen molar-refractivity contribution in [3.05, 3.63) is 27.4 Å². The molecular formula is C13H16ClN3O4. The van der Waals surface area contributed by atoms with Gasteiger partial charge in [-0.2, -0.15) is 0 Å². The summed E-state index contributed by atoms with van der Waals surface area (Å²) in [5.74, 6) is -0.0961. The van der Waals surface area contributed by atoms with Gasteiger partial charge in [0.25, 0.3) is 0 Å². The van der Waals surface area contributed by atoms with Crippen molar-refractivity contribution in [1.29, 1.82) is 0 Å². The molecule has 0 amide bonds. The maximum absolute atomic E-state index is 11.7. The van der Waals surface area contributed by atoms with Gasteiger partial charge in [0, 0.05) is 25.4 Å². The molecule has 0 aliphatic carbocycles. The van der Waals surface area contributed by atoms with E-state index >= 15 is 0 Å². The van der Waals surface area contributed by atoms with Gasteiger partial charge in [0.15, 0.2) is 0 Å². The fraction of sp³-hybridized carbons (Fsp3) is 0.538. The van der Waals surface area contributed by atoms with E-state index in [1.165, 1.54) is 19.4 Å². The predicted octanol–water partition coefficient (Wildman–Crippen LogP) is 2.28. The van der Waals surface area contributed by atoms with Gasteiger partial charge in [-0.3, -0.25) is 14.9 Å². The molecular weight excluding hydrogens is 298 g/mol. The van der Waals surface area contributed by atoms with Crippen molar-refractivity contribution in [1.82, 2.24) is 4.98 Å². The molecule has 0 spiro atoms. The number of rotatable bonds is 3. The number of ether oxygens (including phenoxy) is 1. The first-order chi connectivity index (χ1) is 9.93. The number of piperidine rings is 1. The third kappa shape index (κ3) is 3.24. The molecule has 1 aliphatic heterocycles. The lowest BCUT2D eigenvalue weighted by molar-refractivity contribution is -0.384. The second-order valence-electron chi connectivity index (χ2n) is 5.10. The van der Waals surface area contributed by atoms with E-state index in [-0.39, 0.29) is 28.5 Å². The summed E-state index contributed by atoms with van der Waals surface area (Å²) < 4.78 is 4.78. The van der Waals surface area contributed by atoms with E-state index in [0.29, 0.717) is 25.3 Å². The molecule has 2 rings (SSSR count). The average Bonchev–Trinajstić information content (AvgIpc) is 2.46. The molecule has 1 aromatic rings. The monoisotopic (exact) mass is 313 g/mol. The molecule has 0 bridgehead atoms. The number of carbonyl (C=O) groups is 1. The predicted molar refractivity (Wildman–Crippen MR) is 77.4 cm³/mol. The Bertz CT molecular complexity index is 566. The number of pyridine rings is 1. The zero-order valence-corrected chi connectivity index (χ0v) is 12.5. The molecule has 1 fully saturated rings. The van der Waals surface area contributed by atoms with Crippen molar-refractivity contribution >= 4 is 29.1 Å². The highest BCUT2D eigenvalue weighted by atomic mass is 35.5. The molecule has 2 atom stereocenters. The Kier molecular flexibility index (Phi) is 4.62. The van der Waals surface area contributed by atoms with Crippen LogP contribution in [0.25, 0.3) is 0 Å². The molecule has 2 heterocycles. The number of esters is 1. The summed E-state index contributed by atoms with van der Waals surface area (Å²) in [4.78, 5) is 28.2. The molecule has 0 saturated carbocycles. The highest BCUT2D eigenvalue weighted by Crippen LogP contribution is 2.33. The molecule has 7 nitrogen and oxygen atoms in total. The van der Waals surface area contributed by atoms with Crippen LogP contribution < -0.4 is 4.90 Å². The Balaban J connectivity index is 2.22. The van der Waals surface area contributed by atoms with E-state index in [2.05, 4.69) is 4.98 Å². The van der Waals surface area contributed by atoms with Crippen LogP contribution in [0.4, 0.5) is 11.5 Å². The van der Waals surface area contributed by atoms with Crippen LogP contribution in [0.15, 0.2) is 12.3 Å². The highest BCUT2D eigenvalue weighted by Gasteiger charge is 2.34. The molecule has 21 heavy (non-hydrogen) atoms. The van der Waals surface area contributed by atoms with E-state index in [9.17, 15) is 14.9 Å². The van der Waals surface area contributed by atoms with E-state index in [4.69, 9.17) is 16.3 Å². The molecule has 0 aromatic carbocycles. The number of nitro groups is 1. The van der Waals surface area contributed by atoms with Crippen molar-refractivity contribution in [3.8, 4) is 0 Å². The molecule has 0 N–H and O–H groups in total. The Morgan fingerprint density at radius 2 is 2.33 bits per heavy atom. The average molecular weight is 314 g/mol. The first kappa shape index (κ1) is 15.5. The van der Waals surface area contributed by atoms with E-state index in [0.717, 1.165) is 0 Å². The van der Waals surface area contributed by atoms with Crippen LogP contribution in [0.2, 0.25) is 5.02 Å². The van der Waals surface area contributed by atoms with Crippen LogP contribution in [0.5, 0.6) is 0 Å². The number of aromatic nitrogens is 1. The first-order valence-electron chi connectivity index (χ1n) is 6.56. The van der Waals surface area contributed by atoms with Crippen LogP contribution in [0.1, 0.15) is 13.3 Å². The molecule has 0 radical (unpaired) electrons. The van der Waals surface area contributed by atoms with Crippen LogP contribution in [0, 0.1) is 22.0 Å². The fourth-order valence-corrected chi connectivity index (χ4v) is 2.79. The molecule has 1 aliphatic rings. The second-order valence-corrected chi connectivity index (χ2v) is 5.53. The van der Waals surface area contributed by atoms with Crippen molar-refractivity contribution in [2.45, 2.75) is 13.3 Å². The van der Waals surface area contributed by atoms with Crippen LogP contribution in [-0.2, 0) is 9.53 Å². The molecule has 0 unspecified atom stereocenters. The third-order valence-corrected chi connectivity index (χ3v) is 3.93. The molecule has 114 valence electrons. The van der Waals surface area contributed by atoms with Gasteiger partial charge in [-0.05, 0) is 12.3 Å². The van der Waals surface area contributed by atoms with Gasteiger partial charge in [-0.15, -0.1) is 0 Å². The largest absolute Gasteiger partial charge is 0.469 e. The van der Waals surface area contributed by atoms with Crippen LogP contribution >= 0.6 is 11.6 Å². The van der Waals surface area contributed by atoms with Crippen molar-refractivity contribution < 1.29 is 14.5 Å². The number of hydrogen-bond acceptors (Lipinski definition) is 6. The summed E-state index contributed by atoms with van der Waals surface area (Å²) in [7, 11) is 1.37. The second kappa shape index (κ2) is 6.26. The minimum atomic E-state index is -0.495. The zero-order chi connectivity index (χ0) is 15.6. The normalized spacial score (nSPS) is 22.0. The minimum Gasteiger partial charge on any atom is -0.469 e. The van der Waals surface area contributed by atoms with Crippen molar-refractivity contribution in [2.75, 3.05) is 25.1 Å². The van der Waals surface area contributed by atoms with Gasteiger partial charge >= 0.3 is 11.7 Å². The minimum absolute atomic E-state index is 0.0308.